The molecule has 1 rings (SSSR count). The van der Waals surface area contributed by atoms with Gasteiger partial charge in [0.2, 0.25) is 0 Å². The van der Waals surface area contributed by atoms with Crippen molar-refractivity contribution >= 4 is 0 Å². The number of nitrogens with zero attached hydrogens (tertiary/aromatic N) is 2. The van der Waals surface area contributed by atoms with Crippen molar-refractivity contribution in [3.63, 3.8) is 0 Å². The Balaban J connectivity index is 2.51. The third-order valence-electron chi connectivity index (χ3n) is 2.37. The van der Waals surface area contributed by atoms with Crippen LogP contribution in [0.15, 0.2) is 12.5 Å². The van der Waals surface area contributed by atoms with Gasteiger partial charge in [0.05, 0.1) is 17.6 Å². The molecule has 0 aliphatic rings. The predicted molar refractivity (Wildman–Crippen MR) is 60.6 cm³/mol. The second kappa shape index (κ2) is 5.28. The first-order valence-corrected chi connectivity index (χ1v) is 5.34. The molecule has 0 saturated heterocycles. The molecule has 86 valence electrons. The molecule has 1 heterocycles. The molecule has 0 aliphatic heterocycles. The van der Waals surface area contributed by atoms with Crippen molar-refractivity contribution in [2.24, 2.45) is 5.73 Å². The van der Waals surface area contributed by atoms with Crippen LogP contribution in [0.25, 0.3) is 0 Å². The van der Waals surface area contributed by atoms with Crippen molar-refractivity contribution in [2.75, 3.05) is 13.7 Å². The summed E-state index contributed by atoms with van der Waals surface area (Å²) in [6.07, 6.45) is 5.85. The fourth-order valence-corrected chi connectivity index (χ4v) is 1.56. The van der Waals surface area contributed by atoms with Crippen LogP contribution >= 0.6 is 0 Å². The van der Waals surface area contributed by atoms with E-state index in [1.165, 1.54) is 0 Å². The minimum Gasteiger partial charge on any atom is -0.385 e. The van der Waals surface area contributed by atoms with Crippen molar-refractivity contribution in [3.05, 3.63) is 18.2 Å². The number of rotatable bonds is 6. The molecule has 0 aromatic carbocycles. The molecule has 4 nitrogen and oxygen atoms in total. The summed E-state index contributed by atoms with van der Waals surface area (Å²) in [4.78, 5) is 4.14. The van der Waals surface area contributed by atoms with Crippen LogP contribution in [0.2, 0.25) is 0 Å². The summed E-state index contributed by atoms with van der Waals surface area (Å²) < 4.78 is 7.13. The van der Waals surface area contributed by atoms with E-state index in [9.17, 15) is 0 Å². The zero-order valence-electron chi connectivity index (χ0n) is 9.86. The second-order valence-electron chi connectivity index (χ2n) is 4.39. The van der Waals surface area contributed by atoms with Crippen LogP contribution in [0.5, 0.6) is 0 Å². The van der Waals surface area contributed by atoms with Crippen LogP contribution in [-0.4, -0.2) is 23.3 Å². The van der Waals surface area contributed by atoms with E-state index in [1.54, 1.807) is 7.11 Å². The maximum absolute atomic E-state index is 6.05. The van der Waals surface area contributed by atoms with Gasteiger partial charge in [-0.15, -0.1) is 0 Å². The van der Waals surface area contributed by atoms with Gasteiger partial charge in [-0.3, -0.25) is 0 Å². The zero-order valence-corrected chi connectivity index (χ0v) is 9.86. The highest BCUT2D eigenvalue weighted by atomic mass is 16.5. The zero-order chi connectivity index (χ0) is 11.3. The molecule has 2 N–H and O–H groups in total. The van der Waals surface area contributed by atoms with Crippen molar-refractivity contribution < 1.29 is 4.74 Å². The molecule has 1 aromatic rings. The van der Waals surface area contributed by atoms with Crippen LogP contribution in [0.3, 0.4) is 0 Å². The van der Waals surface area contributed by atoms with E-state index in [-0.39, 0.29) is 5.54 Å². The lowest BCUT2D eigenvalue weighted by Gasteiger charge is -2.20. The molecule has 0 unspecified atom stereocenters. The highest BCUT2D eigenvalue weighted by Gasteiger charge is 2.18. The number of imidazole rings is 1. The van der Waals surface area contributed by atoms with E-state index in [0.717, 1.165) is 31.7 Å². The number of aromatic nitrogens is 2. The van der Waals surface area contributed by atoms with Crippen LogP contribution in [0.4, 0.5) is 0 Å². The molecule has 0 spiro atoms. The topological polar surface area (TPSA) is 53.1 Å². The van der Waals surface area contributed by atoms with Crippen molar-refractivity contribution in [2.45, 2.75) is 38.8 Å². The van der Waals surface area contributed by atoms with E-state index < -0.39 is 0 Å². The van der Waals surface area contributed by atoms with Crippen LogP contribution < -0.4 is 5.73 Å². The highest BCUT2D eigenvalue weighted by molar-refractivity contribution is 5.09. The van der Waals surface area contributed by atoms with Gasteiger partial charge in [0, 0.05) is 26.5 Å². The Hall–Kier alpha value is -0.870. The Morgan fingerprint density at radius 3 is 2.80 bits per heavy atom. The fraction of sp³-hybridized carbons (Fsp3) is 0.727. The third kappa shape index (κ3) is 3.64. The minimum atomic E-state index is -0.322. The Labute approximate surface area is 91.4 Å². The van der Waals surface area contributed by atoms with Gasteiger partial charge in [-0.05, 0) is 26.7 Å². The highest BCUT2D eigenvalue weighted by Crippen LogP contribution is 2.16. The molecule has 15 heavy (non-hydrogen) atoms. The van der Waals surface area contributed by atoms with Crippen molar-refractivity contribution in [3.8, 4) is 0 Å². The number of hydrogen-bond acceptors (Lipinski definition) is 3. The first-order chi connectivity index (χ1) is 7.05. The van der Waals surface area contributed by atoms with Gasteiger partial charge in [0.1, 0.15) is 0 Å². The molecular weight excluding hydrogens is 190 g/mol. The molecule has 4 heteroatoms. The van der Waals surface area contributed by atoms with Crippen LogP contribution in [-0.2, 0) is 16.8 Å². The summed E-state index contributed by atoms with van der Waals surface area (Å²) in [7, 11) is 1.73. The molecule has 0 amide bonds. The van der Waals surface area contributed by atoms with Crippen LogP contribution in [0, 0.1) is 0 Å². The Morgan fingerprint density at radius 2 is 2.20 bits per heavy atom. The largest absolute Gasteiger partial charge is 0.385 e. The Bertz CT molecular complexity index is 288. The second-order valence-corrected chi connectivity index (χ2v) is 4.39. The molecule has 0 aliphatic carbocycles. The summed E-state index contributed by atoms with van der Waals surface area (Å²) >= 11 is 0. The summed E-state index contributed by atoms with van der Waals surface area (Å²) in [5, 5.41) is 0. The van der Waals surface area contributed by atoms with E-state index in [1.807, 2.05) is 26.4 Å². The number of aryl methyl sites for hydroxylation is 1. The quantitative estimate of drug-likeness (QED) is 0.725. The number of unbranched alkanes of at least 4 members (excludes halogenated alkanes) is 1. The lowest BCUT2D eigenvalue weighted by atomic mass is 10.0. The van der Waals surface area contributed by atoms with E-state index in [4.69, 9.17) is 10.5 Å². The standard InChI is InChI=1S/C11H21N3O/c1-11(2,12)10-8-13-9-14(10)6-4-5-7-15-3/h8-9H,4-7,12H2,1-3H3. The first-order valence-electron chi connectivity index (χ1n) is 5.34. The van der Waals surface area contributed by atoms with Crippen molar-refractivity contribution in [1.82, 2.24) is 9.55 Å². The summed E-state index contributed by atoms with van der Waals surface area (Å²) in [6, 6.07) is 0. The summed E-state index contributed by atoms with van der Waals surface area (Å²) in [5.41, 5.74) is 6.81. The monoisotopic (exact) mass is 211 g/mol. The smallest absolute Gasteiger partial charge is 0.0948 e. The molecular formula is C11H21N3O. The molecule has 0 atom stereocenters. The van der Waals surface area contributed by atoms with Gasteiger partial charge in [0.25, 0.3) is 0 Å². The van der Waals surface area contributed by atoms with Gasteiger partial charge in [-0.25, -0.2) is 4.98 Å². The maximum Gasteiger partial charge on any atom is 0.0948 e. The van der Waals surface area contributed by atoms with E-state index in [0.29, 0.717) is 0 Å². The van der Waals surface area contributed by atoms with Gasteiger partial charge < -0.3 is 15.0 Å². The van der Waals surface area contributed by atoms with E-state index >= 15 is 0 Å². The van der Waals surface area contributed by atoms with Gasteiger partial charge in [-0.2, -0.15) is 0 Å². The molecule has 1 aromatic heterocycles. The molecule has 0 fully saturated rings. The Kier molecular flexibility index (Phi) is 4.29. The number of ether oxygens (including phenoxy) is 1. The van der Waals surface area contributed by atoms with Crippen LogP contribution in [0.1, 0.15) is 32.4 Å². The normalized spacial score (nSPS) is 12.0. The van der Waals surface area contributed by atoms with Gasteiger partial charge in [0.15, 0.2) is 0 Å². The number of nitrogens with two attached hydrogens (primary N) is 1. The lowest BCUT2D eigenvalue weighted by molar-refractivity contribution is 0.191. The molecule has 0 radical (unpaired) electrons. The summed E-state index contributed by atoms with van der Waals surface area (Å²) in [6.45, 7) is 5.76. The lowest BCUT2D eigenvalue weighted by Crippen LogP contribution is -2.31. The summed E-state index contributed by atoms with van der Waals surface area (Å²) in [5.74, 6) is 0. The minimum absolute atomic E-state index is 0.322. The average molecular weight is 211 g/mol. The maximum atomic E-state index is 6.05. The molecule has 0 bridgehead atoms. The predicted octanol–water partition coefficient (Wildman–Crippen LogP) is 1.50. The first kappa shape index (κ1) is 12.2. The average Bonchev–Trinajstić information content (AvgIpc) is 2.59. The third-order valence-corrected chi connectivity index (χ3v) is 2.37. The fourth-order valence-electron chi connectivity index (χ4n) is 1.56. The Morgan fingerprint density at radius 1 is 1.47 bits per heavy atom. The van der Waals surface area contributed by atoms with Gasteiger partial charge >= 0.3 is 0 Å². The van der Waals surface area contributed by atoms with Crippen molar-refractivity contribution in [1.29, 1.82) is 0 Å². The SMILES string of the molecule is COCCCCn1cncc1C(C)(C)N. The number of hydrogen-bond donors (Lipinski definition) is 1. The molecule has 0 saturated carbocycles. The van der Waals surface area contributed by atoms with Gasteiger partial charge in [-0.1, -0.05) is 0 Å². The van der Waals surface area contributed by atoms with E-state index in [2.05, 4.69) is 9.55 Å². The number of methoxy groups -OCH3 is 1.